The molecule has 1 aliphatic heterocycles. The number of hydrogen-bond donors (Lipinski definition) is 2. The van der Waals surface area contributed by atoms with Crippen LogP contribution in [-0.4, -0.2) is 30.7 Å². The van der Waals surface area contributed by atoms with Crippen molar-refractivity contribution in [2.24, 2.45) is 5.92 Å². The molecule has 5 nitrogen and oxygen atoms in total. The van der Waals surface area contributed by atoms with Crippen molar-refractivity contribution in [3.05, 3.63) is 18.0 Å². The molecule has 2 rings (SSSR count). The van der Waals surface area contributed by atoms with Crippen LogP contribution in [0.15, 0.2) is 16.8 Å². The van der Waals surface area contributed by atoms with Gasteiger partial charge in [0.1, 0.15) is 0 Å². The van der Waals surface area contributed by atoms with Gasteiger partial charge in [-0.2, -0.15) is 0 Å². The SMILES string of the molecule is O=C(NCC1CCCNC1)c1ccno1. The van der Waals surface area contributed by atoms with Crippen molar-refractivity contribution < 1.29 is 9.32 Å². The molecule has 0 bridgehead atoms. The van der Waals surface area contributed by atoms with Gasteiger partial charge in [0.05, 0.1) is 6.20 Å². The summed E-state index contributed by atoms with van der Waals surface area (Å²) in [5, 5.41) is 9.64. The van der Waals surface area contributed by atoms with Gasteiger partial charge < -0.3 is 15.2 Å². The quantitative estimate of drug-likeness (QED) is 0.756. The zero-order valence-electron chi connectivity index (χ0n) is 8.53. The van der Waals surface area contributed by atoms with Crippen LogP contribution in [0.25, 0.3) is 0 Å². The summed E-state index contributed by atoms with van der Waals surface area (Å²) >= 11 is 0. The van der Waals surface area contributed by atoms with Gasteiger partial charge in [-0.3, -0.25) is 4.79 Å². The van der Waals surface area contributed by atoms with Crippen LogP contribution < -0.4 is 10.6 Å². The number of rotatable bonds is 3. The maximum absolute atomic E-state index is 11.5. The summed E-state index contributed by atoms with van der Waals surface area (Å²) in [7, 11) is 0. The molecule has 0 radical (unpaired) electrons. The highest BCUT2D eigenvalue weighted by Crippen LogP contribution is 2.08. The Kier molecular flexibility index (Phi) is 3.34. The van der Waals surface area contributed by atoms with Gasteiger partial charge in [-0.05, 0) is 31.8 Å². The summed E-state index contributed by atoms with van der Waals surface area (Å²) in [4.78, 5) is 11.5. The number of amides is 1. The zero-order valence-corrected chi connectivity index (χ0v) is 8.53. The summed E-state index contributed by atoms with van der Waals surface area (Å²) in [5.41, 5.74) is 0. The highest BCUT2D eigenvalue weighted by atomic mass is 16.5. The highest BCUT2D eigenvalue weighted by molar-refractivity contribution is 5.91. The second-order valence-corrected chi connectivity index (χ2v) is 3.80. The van der Waals surface area contributed by atoms with Crippen molar-refractivity contribution >= 4 is 5.91 Å². The predicted molar refractivity (Wildman–Crippen MR) is 54.4 cm³/mol. The first-order chi connectivity index (χ1) is 7.36. The molecule has 2 heterocycles. The molecule has 0 aliphatic carbocycles. The van der Waals surface area contributed by atoms with Crippen LogP contribution in [0.5, 0.6) is 0 Å². The third-order valence-corrected chi connectivity index (χ3v) is 2.61. The van der Waals surface area contributed by atoms with E-state index in [9.17, 15) is 4.79 Å². The zero-order chi connectivity index (χ0) is 10.5. The predicted octanol–water partition coefficient (Wildman–Crippen LogP) is 0.404. The molecule has 82 valence electrons. The number of carbonyl (C=O) groups excluding carboxylic acids is 1. The Morgan fingerprint density at radius 1 is 1.73 bits per heavy atom. The number of carbonyl (C=O) groups is 1. The van der Waals surface area contributed by atoms with Gasteiger partial charge in [-0.1, -0.05) is 5.16 Å². The maximum Gasteiger partial charge on any atom is 0.289 e. The number of hydrogen-bond acceptors (Lipinski definition) is 4. The summed E-state index contributed by atoms with van der Waals surface area (Å²) in [6.45, 7) is 2.77. The largest absolute Gasteiger partial charge is 0.351 e. The first-order valence-corrected chi connectivity index (χ1v) is 5.26. The molecule has 0 spiro atoms. The monoisotopic (exact) mass is 209 g/mol. The van der Waals surface area contributed by atoms with E-state index < -0.39 is 0 Å². The molecule has 1 fully saturated rings. The minimum Gasteiger partial charge on any atom is -0.351 e. The molecule has 1 saturated heterocycles. The van der Waals surface area contributed by atoms with Gasteiger partial charge in [-0.15, -0.1) is 0 Å². The minimum absolute atomic E-state index is 0.182. The summed E-state index contributed by atoms with van der Waals surface area (Å²) in [6.07, 6.45) is 3.82. The fraction of sp³-hybridized carbons (Fsp3) is 0.600. The molecule has 1 aromatic heterocycles. The normalized spacial score (nSPS) is 21.2. The molecule has 15 heavy (non-hydrogen) atoms. The van der Waals surface area contributed by atoms with E-state index in [2.05, 4.69) is 15.8 Å². The third-order valence-electron chi connectivity index (χ3n) is 2.61. The second kappa shape index (κ2) is 4.93. The number of nitrogens with zero attached hydrogens (tertiary/aromatic N) is 1. The van der Waals surface area contributed by atoms with E-state index in [0.717, 1.165) is 13.1 Å². The van der Waals surface area contributed by atoms with Crippen LogP contribution in [0.4, 0.5) is 0 Å². The van der Waals surface area contributed by atoms with E-state index in [0.29, 0.717) is 12.5 Å². The van der Waals surface area contributed by atoms with Crippen molar-refractivity contribution in [2.45, 2.75) is 12.8 Å². The Bertz CT molecular complexity index is 304. The van der Waals surface area contributed by atoms with Crippen LogP contribution in [-0.2, 0) is 0 Å². The minimum atomic E-state index is -0.182. The molecule has 5 heteroatoms. The Hall–Kier alpha value is -1.36. The Balaban J connectivity index is 1.75. The van der Waals surface area contributed by atoms with Crippen LogP contribution in [0, 0.1) is 5.92 Å². The molecule has 1 aromatic rings. The van der Waals surface area contributed by atoms with Crippen molar-refractivity contribution in [3.63, 3.8) is 0 Å². The van der Waals surface area contributed by atoms with Gasteiger partial charge in [0, 0.05) is 12.6 Å². The topological polar surface area (TPSA) is 67.2 Å². The van der Waals surface area contributed by atoms with Crippen LogP contribution >= 0.6 is 0 Å². The van der Waals surface area contributed by atoms with Gasteiger partial charge in [0.15, 0.2) is 0 Å². The molecule has 1 unspecified atom stereocenters. The van der Waals surface area contributed by atoms with Gasteiger partial charge in [0.25, 0.3) is 5.91 Å². The van der Waals surface area contributed by atoms with E-state index in [-0.39, 0.29) is 11.7 Å². The first-order valence-electron chi connectivity index (χ1n) is 5.26. The fourth-order valence-electron chi connectivity index (χ4n) is 1.76. The molecule has 2 N–H and O–H groups in total. The lowest BCUT2D eigenvalue weighted by atomic mass is 10.00. The smallest absolute Gasteiger partial charge is 0.289 e. The number of piperidine rings is 1. The third kappa shape index (κ3) is 2.79. The lowest BCUT2D eigenvalue weighted by molar-refractivity contribution is 0.0908. The van der Waals surface area contributed by atoms with Crippen molar-refractivity contribution in [1.82, 2.24) is 15.8 Å². The summed E-state index contributed by atoms with van der Waals surface area (Å²) in [6, 6.07) is 1.56. The van der Waals surface area contributed by atoms with Crippen molar-refractivity contribution in [2.75, 3.05) is 19.6 Å². The summed E-state index contributed by atoms with van der Waals surface area (Å²) < 4.78 is 4.76. The second-order valence-electron chi connectivity index (χ2n) is 3.80. The lowest BCUT2D eigenvalue weighted by Crippen LogP contribution is -2.38. The van der Waals surface area contributed by atoms with Gasteiger partial charge in [-0.25, -0.2) is 0 Å². The summed E-state index contributed by atoms with van der Waals surface area (Å²) in [5.74, 6) is 0.627. The Labute approximate surface area is 88.2 Å². The molecular weight excluding hydrogens is 194 g/mol. The van der Waals surface area contributed by atoms with Gasteiger partial charge in [0.2, 0.25) is 5.76 Å². The van der Waals surface area contributed by atoms with Crippen LogP contribution in [0.1, 0.15) is 23.4 Å². The molecule has 0 saturated carbocycles. The molecule has 1 atom stereocenters. The maximum atomic E-state index is 11.5. The van der Waals surface area contributed by atoms with E-state index >= 15 is 0 Å². The first kappa shape index (κ1) is 10.2. The van der Waals surface area contributed by atoms with E-state index in [1.165, 1.54) is 19.0 Å². The molecule has 1 amide bonds. The molecule has 0 aromatic carbocycles. The number of nitrogens with one attached hydrogen (secondary N) is 2. The van der Waals surface area contributed by atoms with Crippen LogP contribution in [0.2, 0.25) is 0 Å². The van der Waals surface area contributed by atoms with E-state index in [4.69, 9.17) is 4.52 Å². The number of aromatic nitrogens is 1. The van der Waals surface area contributed by atoms with Gasteiger partial charge >= 0.3 is 0 Å². The van der Waals surface area contributed by atoms with Crippen LogP contribution in [0.3, 0.4) is 0 Å². The average Bonchev–Trinajstić information content (AvgIpc) is 2.81. The fourth-order valence-corrected chi connectivity index (χ4v) is 1.76. The highest BCUT2D eigenvalue weighted by Gasteiger charge is 2.15. The van der Waals surface area contributed by atoms with Crippen molar-refractivity contribution in [3.8, 4) is 0 Å². The lowest BCUT2D eigenvalue weighted by Gasteiger charge is -2.22. The Morgan fingerprint density at radius 3 is 3.33 bits per heavy atom. The molecular formula is C10H15N3O2. The van der Waals surface area contributed by atoms with Crippen molar-refractivity contribution in [1.29, 1.82) is 0 Å². The average molecular weight is 209 g/mol. The molecule has 1 aliphatic rings. The van der Waals surface area contributed by atoms with E-state index in [1.807, 2.05) is 0 Å². The van der Waals surface area contributed by atoms with E-state index in [1.54, 1.807) is 6.07 Å². The standard InChI is InChI=1S/C10H15N3O2/c14-10(9-3-5-13-15-9)12-7-8-2-1-4-11-6-8/h3,5,8,11H,1-2,4,6-7H2,(H,12,14). The Morgan fingerprint density at radius 2 is 2.67 bits per heavy atom.